The first kappa shape index (κ1) is 28.8. The number of aliphatic hydroxyl groups is 1. The van der Waals surface area contributed by atoms with Gasteiger partial charge in [-0.2, -0.15) is 0 Å². The lowest BCUT2D eigenvalue weighted by Crippen LogP contribution is -2.68. The second kappa shape index (κ2) is 8.63. The molecule has 0 aromatic carbocycles. The largest absolute Gasteiger partial charge is 0.393 e. The van der Waals surface area contributed by atoms with E-state index in [4.69, 9.17) is 9.72 Å². The Hall–Kier alpha value is -1.31. The Labute approximate surface area is 244 Å². The van der Waals surface area contributed by atoms with Crippen molar-refractivity contribution in [1.82, 2.24) is 4.98 Å². The number of hydrogen-bond acceptors (Lipinski definition) is 6. The first-order valence-corrected chi connectivity index (χ1v) is 16.4. The van der Waals surface area contributed by atoms with Crippen molar-refractivity contribution in [3.63, 3.8) is 0 Å². The summed E-state index contributed by atoms with van der Waals surface area (Å²) >= 11 is 1.56. The third kappa shape index (κ3) is 3.75. The summed E-state index contributed by atoms with van der Waals surface area (Å²) < 4.78 is 6.87. The van der Waals surface area contributed by atoms with Crippen LogP contribution in [0.1, 0.15) is 118 Å². The van der Waals surface area contributed by atoms with Crippen molar-refractivity contribution >= 4 is 28.2 Å². The maximum Gasteiger partial charge on any atom is 0.223 e. The van der Waals surface area contributed by atoms with Crippen molar-refractivity contribution < 1.29 is 19.4 Å². The van der Waals surface area contributed by atoms with Gasteiger partial charge >= 0.3 is 0 Å². The van der Waals surface area contributed by atoms with Gasteiger partial charge < -0.3 is 15.2 Å². The number of rotatable bonds is 2. The van der Waals surface area contributed by atoms with E-state index in [0.29, 0.717) is 23.3 Å². The number of aliphatic hydroxyl groups excluding tert-OH is 1. The highest BCUT2D eigenvalue weighted by Gasteiger charge is 2.73. The molecule has 4 fully saturated rings. The number of nitrogens with zero attached hydrogens (tertiary/aromatic N) is 1. The molecular formula is C33H50N2O4S. The fraction of sp³-hybridized carbons (Fsp3) is 0.848. The average molecular weight is 571 g/mol. The van der Waals surface area contributed by atoms with Gasteiger partial charge in [-0.05, 0) is 99.7 Å². The number of ether oxygens (including phenoxy) is 1. The van der Waals surface area contributed by atoms with Crippen molar-refractivity contribution in [1.29, 1.82) is 0 Å². The molecule has 4 aliphatic carbocycles. The highest BCUT2D eigenvalue weighted by molar-refractivity contribution is 7.15. The van der Waals surface area contributed by atoms with Crippen molar-refractivity contribution in [3.8, 4) is 0 Å². The number of amides is 1. The van der Waals surface area contributed by atoms with Gasteiger partial charge in [0.1, 0.15) is 5.78 Å². The van der Waals surface area contributed by atoms with Gasteiger partial charge in [0.05, 0.1) is 23.0 Å². The zero-order valence-electron chi connectivity index (χ0n) is 26.1. The zero-order valence-corrected chi connectivity index (χ0v) is 26.9. The maximum atomic E-state index is 14.5. The predicted molar refractivity (Wildman–Crippen MR) is 158 cm³/mol. The van der Waals surface area contributed by atoms with Crippen LogP contribution in [-0.4, -0.2) is 39.1 Å². The Morgan fingerprint density at radius 1 is 1.02 bits per heavy atom. The van der Waals surface area contributed by atoms with Crippen molar-refractivity contribution in [3.05, 3.63) is 10.6 Å². The van der Waals surface area contributed by atoms with Gasteiger partial charge in [0.25, 0.3) is 0 Å². The quantitative estimate of drug-likeness (QED) is 0.414. The predicted octanol–water partition coefficient (Wildman–Crippen LogP) is 6.69. The summed E-state index contributed by atoms with van der Waals surface area (Å²) in [4.78, 5) is 32.3. The van der Waals surface area contributed by atoms with Crippen molar-refractivity contribution in [2.45, 2.75) is 136 Å². The Balaban J connectivity index is 1.41. The summed E-state index contributed by atoms with van der Waals surface area (Å²) in [6.45, 7) is 19.7. The summed E-state index contributed by atoms with van der Waals surface area (Å²) in [5.41, 5.74) is -0.499. The van der Waals surface area contributed by atoms with E-state index in [0.717, 1.165) is 50.6 Å². The molecule has 1 aliphatic heterocycles. The second-order valence-electron chi connectivity index (χ2n) is 16.3. The minimum absolute atomic E-state index is 0.125. The van der Waals surface area contributed by atoms with Gasteiger partial charge in [0.15, 0.2) is 5.13 Å². The normalized spacial score (nSPS) is 47.0. The molecule has 40 heavy (non-hydrogen) atoms. The van der Waals surface area contributed by atoms with E-state index < -0.39 is 11.5 Å². The Kier molecular flexibility index (Phi) is 6.21. The topological polar surface area (TPSA) is 88.5 Å². The lowest BCUT2D eigenvalue weighted by Gasteiger charge is -2.69. The monoisotopic (exact) mass is 570 g/mol. The lowest BCUT2D eigenvalue weighted by molar-refractivity contribution is -0.239. The molecule has 7 heteroatoms. The average Bonchev–Trinajstić information content (AvgIpc) is 3.36. The number of fused-ring (bicyclic) bond motifs is 6. The summed E-state index contributed by atoms with van der Waals surface area (Å²) in [6.07, 6.45) is 7.01. The van der Waals surface area contributed by atoms with E-state index in [1.54, 1.807) is 11.3 Å². The van der Waals surface area contributed by atoms with Gasteiger partial charge in [-0.25, -0.2) is 4.98 Å². The van der Waals surface area contributed by atoms with E-state index in [1.807, 2.05) is 0 Å². The van der Waals surface area contributed by atoms with E-state index in [9.17, 15) is 14.7 Å². The summed E-state index contributed by atoms with van der Waals surface area (Å²) in [5.74, 6) is 0.701. The number of hydrogen-bond donors (Lipinski definition) is 2. The van der Waals surface area contributed by atoms with Crippen LogP contribution >= 0.6 is 11.3 Å². The minimum atomic E-state index is -0.441. The fourth-order valence-electron chi connectivity index (χ4n) is 11.7. The molecule has 5 aliphatic rings. The summed E-state index contributed by atoms with van der Waals surface area (Å²) in [6, 6.07) is 0. The molecule has 222 valence electrons. The Bertz CT molecular complexity index is 1250. The van der Waals surface area contributed by atoms with Crippen LogP contribution in [0.3, 0.4) is 0 Å². The van der Waals surface area contributed by atoms with Gasteiger partial charge in [-0.15, -0.1) is 11.3 Å². The van der Waals surface area contributed by atoms with Gasteiger partial charge in [-0.1, -0.05) is 34.6 Å². The molecule has 1 amide bonds. The van der Waals surface area contributed by atoms with Crippen LogP contribution in [0.4, 0.5) is 5.13 Å². The molecule has 6 rings (SSSR count). The number of ketones is 1. The smallest absolute Gasteiger partial charge is 0.223 e. The van der Waals surface area contributed by atoms with Crippen LogP contribution in [0, 0.1) is 39.9 Å². The molecule has 3 saturated carbocycles. The first-order valence-electron chi connectivity index (χ1n) is 15.6. The molecule has 6 nitrogen and oxygen atoms in total. The number of anilines is 1. The molecule has 0 spiro atoms. The van der Waals surface area contributed by atoms with Gasteiger partial charge in [-0.3, -0.25) is 9.59 Å². The highest BCUT2D eigenvalue weighted by atomic mass is 32.1. The Morgan fingerprint density at radius 3 is 2.38 bits per heavy atom. The number of nitrogens with one attached hydrogen (secondary N) is 1. The number of thiazole rings is 1. The van der Waals surface area contributed by atoms with Gasteiger partial charge in [0, 0.05) is 29.6 Å². The van der Waals surface area contributed by atoms with E-state index in [2.05, 4.69) is 60.7 Å². The van der Waals surface area contributed by atoms with Crippen molar-refractivity contribution in [2.75, 3.05) is 5.32 Å². The molecular weight excluding hydrogens is 520 g/mol. The van der Waals surface area contributed by atoms with E-state index >= 15 is 0 Å². The lowest BCUT2D eigenvalue weighted by atomic mass is 9.35. The zero-order chi connectivity index (χ0) is 29.3. The third-order valence-corrected chi connectivity index (χ3v) is 14.0. The summed E-state index contributed by atoms with van der Waals surface area (Å²) in [5, 5.41) is 15.7. The second-order valence-corrected chi connectivity index (χ2v) is 17.4. The van der Waals surface area contributed by atoms with Crippen LogP contribution in [0.5, 0.6) is 0 Å². The molecule has 0 bridgehead atoms. The molecule has 9 atom stereocenters. The third-order valence-electron chi connectivity index (χ3n) is 13.0. The molecule has 0 unspecified atom stereocenters. The molecule has 2 N–H and O–H groups in total. The van der Waals surface area contributed by atoms with E-state index in [1.165, 1.54) is 11.8 Å². The Morgan fingerprint density at radius 2 is 1.73 bits per heavy atom. The van der Waals surface area contributed by atoms with Crippen LogP contribution < -0.4 is 5.32 Å². The number of carbonyl (C=O) groups is 2. The molecule has 0 radical (unpaired) electrons. The van der Waals surface area contributed by atoms with Crippen molar-refractivity contribution in [2.24, 2.45) is 39.9 Å². The number of Topliss-reactive ketones (excluding diaryl/α,β-unsaturated/α-hetero) is 1. The minimum Gasteiger partial charge on any atom is -0.393 e. The SMILES string of the molecule is CC(=O)Nc1nc2c(s1)C[C@]1(C)[C@H]3C[C@@H](O)[C@@H]4[C@@H]([C@@]5(C)CCCC(C)(C)O5)CC[C@@]4(C)[C@]3(C)CC(=O)[C@H]1C2(C)C. The van der Waals surface area contributed by atoms with Crippen LogP contribution in [0.25, 0.3) is 0 Å². The van der Waals surface area contributed by atoms with Crippen LogP contribution in [-0.2, 0) is 26.2 Å². The molecule has 2 heterocycles. The standard InChI is InChI=1S/C33H50N2O4S/c1-18(36)34-27-35-26-22(40-27)17-30(6)23-15-20(37)24-19(33(9)13-10-12-28(2,3)39-33)11-14-31(24,7)32(23,8)16-21(38)25(30)29(26,4)5/h19-20,23-25,37H,10-17H2,1-9H3,(H,34,35,36)/t19-,20+,23+,24-,25-,30+,31+,32+,33+/m0/s1. The molecule has 1 aromatic rings. The first-order chi connectivity index (χ1) is 18.4. The van der Waals surface area contributed by atoms with E-state index in [-0.39, 0.29) is 51.1 Å². The highest BCUT2D eigenvalue weighted by Crippen LogP contribution is 2.75. The molecule has 1 aromatic heterocycles. The number of carbonyl (C=O) groups excluding carboxylic acids is 2. The number of aromatic nitrogens is 1. The van der Waals surface area contributed by atoms with Crippen LogP contribution in [0.15, 0.2) is 0 Å². The maximum absolute atomic E-state index is 14.5. The van der Waals surface area contributed by atoms with Crippen LogP contribution in [0.2, 0.25) is 0 Å². The fourth-order valence-corrected chi connectivity index (χ4v) is 13.0. The molecule has 1 saturated heterocycles. The van der Waals surface area contributed by atoms with Gasteiger partial charge in [0.2, 0.25) is 5.91 Å². The summed E-state index contributed by atoms with van der Waals surface area (Å²) in [7, 11) is 0.